The first-order chi connectivity index (χ1) is 10.4. The molecule has 0 saturated heterocycles. The van der Waals surface area contributed by atoms with Gasteiger partial charge < -0.3 is 9.57 Å². The highest BCUT2D eigenvalue weighted by molar-refractivity contribution is 7.73. The lowest BCUT2D eigenvalue weighted by Crippen LogP contribution is -2.41. The van der Waals surface area contributed by atoms with Crippen LogP contribution >= 0.6 is 23.6 Å². The molecule has 1 aliphatic carbocycles. The molecule has 0 aromatic carbocycles. The van der Waals surface area contributed by atoms with Gasteiger partial charge in [-0.1, -0.05) is 0 Å². The highest BCUT2D eigenvalue weighted by Crippen LogP contribution is 2.39. The summed E-state index contributed by atoms with van der Waals surface area (Å²) in [6, 6.07) is 0. The summed E-state index contributed by atoms with van der Waals surface area (Å²) in [6.45, 7) is 3.58. The first-order valence-electron chi connectivity index (χ1n) is 6.99. The Hall–Kier alpha value is -1.54. The molecule has 1 atom stereocenters. The van der Waals surface area contributed by atoms with Crippen LogP contribution < -0.4 is 4.84 Å². The van der Waals surface area contributed by atoms with E-state index in [1.165, 1.54) is 16.1 Å². The van der Waals surface area contributed by atoms with Crippen LogP contribution in [0.2, 0.25) is 0 Å². The van der Waals surface area contributed by atoms with Gasteiger partial charge in [-0.25, -0.2) is 4.79 Å². The van der Waals surface area contributed by atoms with Crippen molar-refractivity contribution in [1.29, 1.82) is 0 Å². The van der Waals surface area contributed by atoms with Gasteiger partial charge >= 0.3 is 11.9 Å². The molecule has 0 amide bonds. The van der Waals surface area contributed by atoms with Gasteiger partial charge in [-0.2, -0.15) is 4.73 Å². The second-order valence-electron chi connectivity index (χ2n) is 5.16. The number of hydrogen-bond donors (Lipinski definition) is 0. The third-order valence-electron chi connectivity index (χ3n) is 3.66. The summed E-state index contributed by atoms with van der Waals surface area (Å²) >= 11 is 6.34. The molecule has 0 radical (unpaired) electrons. The van der Waals surface area contributed by atoms with Crippen LogP contribution in [-0.4, -0.2) is 29.1 Å². The van der Waals surface area contributed by atoms with E-state index < -0.39 is 17.4 Å². The summed E-state index contributed by atoms with van der Waals surface area (Å²) in [5, 5.41) is 1.76. The number of ether oxygens (including phenoxy) is 1. The molecule has 8 heteroatoms. The quantitative estimate of drug-likeness (QED) is 0.464. The Morgan fingerprint density at radius 3 is 2.73 bits per heavy atom. The van der Waals surface area contributed by atoms with Gasteiger partial charge in [-0.05, 0) is 38.9 Å². The predicted molar refractivity (Wildman–Crippen MR) is 82.0 cm³/mol. The number of esters is 1. The number of carbonyl (C=O) groups is 3. The Morgan fingerprint density at radius 1 is 1.50 bits per heavy atom. The first kappa shape index (κ1) is 16.8. The molecule has 0 N–H and O–H groups in total. The monoisotopic (exact) mass is 343 g/mol. The maximum absolute atomic E-state index is 12.2. The number of hydrogen-bond acceptors (Lipinski definition) is 7. The Bertz CT molecular complexity index is 662. The summed E-state index contributed by atoms with van der Waals surface area (Å²) in [6.07, 6.45) is 0.848. The van der Waals surface area contributed by atoms with Crippen LogP contribution in [0.3, 0.4) is 0 Å². The molecule has 2 rings (SSSR count). The van der Waals surface area contributed by atoms with Crippen molar-refractivity contribution in [3.05, 3.63) is 15.0 Å². The van der Waals surface area contributed by atoms with E-state index in [0.29, 0.717) is 22.5 Å². The summed E-state index contributed by atoms with van der Waals surface area (Å²) in [5.41, 5.74) is -0.717. The third kappa shape index (κ3) is 3.12. The van der Waals surface area contributed by atoms with Gasteiger partial charge in [0.1, 0.15) is 5.41 Å². The van der Waals surface area contributed by atoms with Crippen molar-refractivity contribution in [2.45, 2.75) is 39.5 Å². The molecule has 1 unspecified atom stereocenters. The van der Waals surface area contributed by atoms with Crippen LogP contribution in [0.1, 0.15) is 38.3 Å². The molecule has 1 aromatic heterocycles. The van der Waals surface area contributed by atoms with Gasteiger partial charge in [0.25, 0.3) is 0 Å². The van der Waals surface area contributed by atoms with E-state index in [-0.39, 0.29) is 25.2 Å². The van der Waals surface area contributed by atoms with Crippen molar-refractivity contribution in [3.63, 3.8) is 0 Å². The average molecular weight is 343 g/mol. The van der Waals surface area contributed by atoms with Crippen molar-refractivity contribution in [2.75, 3.05) is 6.61 Å². The highest BCUT2D eigenvalue weighted by atomic mass is 32.1. The Balaban J connectivity index is 2.18. The van der Waals surface area contributed by atoms with Crippen molar-refractivity contribution in [3.8, 4) is 0 Å². The summed E-state index contributed by atoms with van der Waals surface area (Å²) in [7, 11) is 0. The minimum Gasteiger partial charge on any atom is -0.465 e. The number of Topliss-reactive ketones (excluding diaryl/α,β-unsaturated/α-hetero) is 1. The lowest BCUT2D eigenvalue weighted by atomic mass is 9.82. The molecule has 0 aliphatic heterocycles. The maximum Gasteiger partial charge on any atom is 0.334 e. The Labute approximate surface area is 137 Å². The number of carbonyl (C=O) groups excluding carboxylic acids is 3. The van der Waals surface area contributed by atoms with Gasteiger partial charge in [0.05, 0.1) is 18.7 Å². The minimum absolute atomic E-state index is 0.164. The second-order valence-corrected chi connectivity index (χ2v) is 6.66. The zero-order chi connectivity index (χ0) is 16.3. The molecule has 1 aromatic rings. The van der Waals surface area contributed by atoms with Crippen LogP contribution in [0.5, 0.6) is 0 Å². The lowest BCUT2D eigenvalue weighted by Gasteiger charge is -2.23. The minimum atomic E-state index is -1.40. The topological polar surface area (TPSA) is 74.6 Å². The van der Waals surface area contributed by atoms with Gasteiger partial charge in [0.2, 0.25) is 0 Å². The molecule has 6 nitrogen and oxygen atoms in total. The number of thiazole rings is 1. The van der Waals surface area contributed by atoms with Gasteiger partial charge in [0, 0.05) is 11.8 Å². The Kier molecular flexibility index (Phi) is 5.12. The second kappa shape index (κ2) is 6.70. The van der Waals surface area contributed by atoms with E-state index in [1.807, 2.05) is 0 Å². The fourth-order valence-electron chi connectivity index (χ4n) is 2.54. The fourth-order valence-corrected chi connectivity index (χ4v) is 3.51. The van der Waals surface area contributed by atoms with Crippen LogP contribution in [0.4, 0.5) is 0 Å². The molecule has 0 bridgehead atoms. The largest absolute Gasteiger partial charge is 0.465 e. The van der Waals surface area contributed by atoms with Crippen LogP contribution in [0, 0.1) is 16.3 Å². The van der Waals surface area contributed by atoms with Crippen LogP contribution in [0.25, 0.3) is 0 Å². The molecule has 1 aliphatic rings. The average Bonchev–Trinajstić information content (AvgIpc) is 2.98. The number of aryl methyl sites for hydroxylation is 1. The molecule has 1 saturated carbocycles. The number of aromatic nitrogens is 1. The van der Waals surface area contributed by atoms with Crippen molar-refractivity contribution >= 4 is 41.3 Å². The summed E-state index contributed by atoms with van der Waals surface area (Å²) in [5.74, 6) is -1.56. The maximum atomic E-state index is 12.2. The molecular formula is C14H17NO5S2. The third-order valence-corrected chi connectivity index (χ3v) is 4.94. The van der Waals surface area contributed by atoms with Gasteiger partial charge in [0.15, 0.2) is 9.74 Å². The number of ketones is 1. The highest BCUT2D eigenvalue weighted by Gasteiger charge is 2.51. The van der Waals surface area contributed by atoms with E-state index in [4.69, 9.17) is 21.8 Å². The molecule has 1 heterocycles. The van der Waals surface area contributed by atoms with Crippen molar-refractivity contribution in [1.82, 2.24) is 4.73 Å². The number of rotatable bonds is 5. The molecule has 1 fully saturated rings. The Morgan fingerprint density at radius 2 is 2.23 bits per heavy atom. The molecule has 22 heavy (non-hydrogen) atoms. The van der Waals surface area contributed by atoms with E-state index in [1.54, 1.807) is 19.2 Å². The van der Waals surface area contributed by atoms with E-state index in [9.17, 15) is 14.4 Å². The van der Waals surface area contributed by atoms with Gasteiger partial charge in [-0.3, -0.25) is 9.59 Å². The molecular weight excluding hydrogens is 326 g/mol. The van der Waals surface area contributed by atoms with E-state index in [2.05, 4.69) is 0 Å². The first-order valence-corrected chi connectivity index (χ1v) is 8.28. The molecule has 0 spiro atoms. The van der Waals surface area contributed by atoms with E-state index in [0.717, 1.165) is 0 Å². The summed E-state index contributed by atoms with van der Waals surface area (Å²) < 4.78 is 6.62. The smallest absolute Gasteiger partial charge is 0.334 e. The SMILES string of the molecule is CCOC(=O)C1(CC(=O)On2c(C)csc2=S)CCCC1=O. The molecule has 120 valence electrons. The van der Waals surface area contributed by atoms with Crippen molar-refractivity contribution < 1.29 is 24.0 Å². The fraction of sp³-hybridized carbons (Fsp3) is 0.571. The lowest BCUT2D eigenvalue weighted by molar-refractivity contribution is -0.165. The van der Waals surface area contributed by atoms with Gasteiger partial charge in [-0.15, -0.1) is 11.3 Å². The normalized spacial score (nSPS) is 20.9. The van der Waals surface area contributed by atoms with Crippen LogP contribution in [-0.2, 0) is 19.1 Å². The van der Waals surface area contributed by atoms with E-state index >= 15 is 0 Å². The van der Waals surface area contributed by atoms with Crippen LogP contribution in [0.15, 0.2) is 5.38 Å². The standard InChI is InChI=1S/C14H17NO5S2/c1-3-19-12(18)14(6-4-5-10(14)16)7-11(17)20-15-9(2)8-22-13(15)21/h8H,3-7H2,1-2H3. The predicted octanol–water partition coefficient (Wildman–Crippen LogP) is 2.24. The number of nitrogens with zero attached hydrogens (tertiary/aromatic N) is 1. The zero-order valence-corrected chi connectivity index (χ0v) is 14.1. The van der Waals surface area contributed by atoms with Crippen molar-refractivity contribution in [2.24, 2.45) is 5.41 Å². The zero-order valence-electron chi connectivity index (χ0n) is 12.4. The summed E-state index contributed by atoms with van der Waals surface area (Å²) in [4.78, 5) is 41.7.